The Morgan fingerprint density at radius 3 is 3.12 bits per heavy atom. The van der Waals surface area contributed by atoms with Crippen LogP contribution in [0.15, 0.2) is 5.38 Å². The zero-order chi connectivity index (χ0) is 11.5. The zero-order valence-corrected chi connectivity index (χ0v) is 10.2. The Hall–Kier alpha value is -0.940. The van der Waals surface area contributed by atoms with E-state index in [2.05, 4.69) is 10.3 Å². The number of carbonyl (C=O) groups is 1. The summed E-state index contributed by atoms with van der Waals surface area (Å²) in [5.41, 5.74) is 6.83. The van der Waals surface area contributed by atoms with E-state index in [9.17, 15) is 4.79 Å². The van der Waals surface area contributed by atoms with Crippen LogP contribution in [0, 0.1) is 0 Å². The predicted molar refractivity (Wildman–Crippen MR) is 65.6 cm³/mol. The molecule has 0 saturated heterocycles. The minimum atomic E-state index is -0.418. The Morgan fingerprint density at radius 1 is 1.75 bits per heavy atom. The first-order valence-corrected chi connectivity index (χ1v) is 6.60. The van der Waals surface area contributed by atoms with Gasteiger partial charge >= 0.3 is 0 Å². The second kappa shape index (κ2) is 4.93. The molecule has 1 unspecified atom stereocenters. The van der Waals surface area contributed by atoms with Gasteiger partial charge in [0.15, 0.2) is 5.13 Å². The molecule has 88 valence electrons. The van der Waals surface area contributed by atoms with Crippen molar-refractivity contribution < 1.29 is 4.79 Å². The predicted octanol–water partition coefficient (Wildman–Crippen LogP) is 2.09. The van der Waals surface area contributed by atoms with E-state index < -0.39 is 6.04 Å². The van der Waals surface area contributed by atoms with Gasteiger partial charge in [0.05, 0.1) is 11.7 Å². The van der Waals surface area contributed by atoms with Gasteiger partial charge in [-0.25, -0.2) is 4.98 Å². The summed E-state index contributed by atoms with van der Waals surface area (Å²) in [6, 6.07) is -0.418. The number of thiazole rings is 1. The molecule has 0 radical (unpaired) electrons. The smallest absolute Gasteiger partial charge is 0.243 e. The molecule has 1 aromatic heterocycles. The highest BCUT2D eigenvalue weighted by Gasteiger charge is 2.26. The van der Waals surface area contributed by atoms with Crippen molar-refractivity contribution in [1.82, 2.24) is 4.98 Å². The zero-order valence-electron chi connectivity index (χ0n) is 9.40. The van der Waals surface area contributed by atoms with Crippen LogP contribution in [0.5, 0.6) is 0 Å². The van der Waals surface area contributed by atoms with Crippen LogP contribution in [0.1, 0.15) is 44.2 Å². The molecule has 5 heteroatoms. The third-order valence-electron chi connectivity index (χ3n) is 2.68. The summed E-state index contributed by atoms with van der Waals surface area (Å²) >= 11 is 1.48. The summed E-state index contributed by atoms with van der Waals surface area (Å²) in [5, 5.41) is 5.48. The summed E-state index contributed by atoms with van der Waals surface area (Å²) in [5.74, 6) is 0.504. The van der Waals surface area contributed by atoms with Crippen molar-refractivity contribution in [3.05, 3.63) is 11.1 Å². The second-order valence-corrected chi connectivity index (χ2v) is 5.09. The topological polar surface area (TPSA) is 68.0 Å². The molecular formula is C11H17N3OS. The van der Waals surface area contributed by atoms with Crippen molar-refractivity contribution in [1.29, 1.82) is 0 Å². The van der Waals surface area contributed by atoms with E-state index in [1.54, 1.807) is 0 Å². The molecule has 1 aliphatic carbocycles. The SMILES string of the molecule is CCCC(N)C(=O)Nc1nc(C2CC2)cs1. The van der Waals surface area contributed by atoms with E-state index in [0.29, 0.717) is 17.5 Å². The fraction of sp³-hybridized carbons (Fsp3) is 0.636. The highest BCUT2D eigenvalue weighted by Crippen LogP contribution is 2.40. The number of aromatic nitrogens is 1. The van der Waals surface area contributed by atoms with Crippen molar-refractivity contribution in [3.8, 4) is 0 Å². The molecule has 2 rings (SSSR count). The first kappa shape index (κ1) is 11.5. The number of nitrogens with zero attached hydrogens (tertiary/aromatic N) is 1. The molecule has 3 N–H and O–H groups in total. The van der Waals surface area contributed by atoms with Gasteiger partial charge in [0.1, 0.15) is 0 Å². The van der Waals surface area contributed by atoms with E-state index in [-0.39, 0.29) is 5.91 Å². The number of nitrogens with two attached hydrogens (primary N) is 1. The summed E-state index contributed by atoms with van der Waals surface area (Å²) < 4.78 is 0. The summed E-state index contributed by atoms with van der Waals surface area (Å²) in [7, 11) is 0. The first-order valence-electron chi connectivity index (χ1n) is 5.72. The Labute approximate surface area is 99.3 Å². The number of anilines is 1. The number of hydrogen-bond donors (Lipinski definition) is 2. The molecule has 1 fully saturated rings. The summed E-state index contributed by atoms with van der Waals surface area (Å²) in [6.45, 7) is 2.02. The first-order chi connectivity index (χ1) is 7.70. The maximum atomic E-state index is 11.6. The van der Waals surface area contributed by atoms with Crippen LogP contribution >= 0.6 is 11.3 Å². The average Bonchev–Trinajstić information content (AvgIpc) is 3.01. The fourth-order valence-electron chi connectivity index (χ4n) is 1.55. The van der Waals surface area contributed by atoms with Gasteiger partial charge in [-0.05, 0) is 19.3 Å². The maximum Gasteiger partial charge on any atom is 0.243 e. The molecular weight excluding hydrogens is 222 g/mol. The van der Waals surface area contributed by atoms with Gasteiger partial charge in [0.2, 0.25) is 5.91 Å². The van der Waals surface area contributed by atoms with Crippen LogP contribution in [0.4, 0.5) is 5.13 Å². The molecule has 1 aliphatic rings. The highest BCUT2D eigenvalue weighted by molar-refractivity contribution is 7.13. The van der Waals surface area contributed by atoms with Gasteiger partial charge in [-0.1, -0.05) is 13.3 Å². The van der Waals surface area contributed by atoms with Gasteiger partial charge in [-0.15, -0.1) is 11.3 Å². The Kier molecular flexibility index (Phi) is 3.56. The fourth-order valence-corrected chi connectivity index (χ4v) is 2.35. The Balaban J connectivity index is 1.89. The minimum Gasteiger partial charge on any atom is -0.320 e. The second-order valence-electron chi connectivity index (χ2n) is 4.24. The van der Waals surface area contributed by atoms with Crippen LogP contribution in [0.3, 0.4) is 0 Å². The lowest BCUT2D eigenvalue weighted by Gasteiger charge is -2.08. The normalized spacial score (nSPS) is 17.1. The summed E-state index contributed by atoms with van der Waals surface area (Å²) in [6.07, 6.45) is 4.09. The van der Waals surface area contributed by atoms with Crippen molar-refractivity contribution in [2.45, 2.75) is 44.6 Å². The molecule has 0 bridgehead atoms. The third-order valence-corrected chi connectivity index (χ3v) is 3.46. The van der Waals surface area contributed by atoms with Crippen LogP contribution in [0.2, 0.25) is 0 Å². The Morgan fingerprint density at radius 2 is 2.50 bits per heavy atom. The average molecular weight is 239 g/mol. The third kappa shape index (κ3) is 2.80. The number of hydrogen-bond acceptors (Lipinski definition) is 4. The van der Waals surface area contributed by atoms with Gasteiger partial charge in [0, 0.05) is 11.3 Å². The number of carbonyl (C=O) groups excluding carboxylic acids is 1. The van der Waals surface area contributed by atoms with Crippen LogP contribution in [-0.2, 0) is 4.79 Å². The van der Waals surface area contributed by atoms with E-state index >= 15 is 0 Å². The van der Waals surface area contributed by atoms with Crippen molar-refractivity contribution in [2.24, 2.45) is 5.73 Å². The van der Waals surface area contributed by atoms with Gasteiger partial charge < -0.3 is 11.1 Å². The largest absolute Gasteiger partial charge is 0.320 e. The van der Waals surface area contributed by atoms with Crippen LogP contribution in [-0.4, -0.2) is 16.9 Å². The summed E-state index contributed by atoms with van der Waals surface area (Å²) in [4.78, 5) is 16.0. The minimum absolute atomic E-state index is 0.126. The van der Waals surface area contributed by atoms with E-state index in [1.165, 1.54) is 24.2 Å². The molecule has 1 atom stereocenters. The maximum absolute atomic E-state index is 11.6. The van der Waals surface area contributed by atoms with E-state index in [1.807, 2.05) is 12.3 Å². The van der Waals surface area contributed by atoms with E-state index in [4.69, 9.17) is 5.73 Å². The standard InChI is InChI=1S/C11H17N3OS/c1-2-3-8(12)10(15)14-11-13-9(6-16-11)7-4-5-7/h6-8H,2-5,12H2,1H3,(H,13,14,15). The van der Waals surface area contributed by atoms with Crippen molar-refractivity contribution in [3.63, 3.8) is 0 Å². The number of amides is 1. The molecule has 1 heterocycles. The lowest BCUT2D eigenvalue weighted by atomic mass is 10.2. The molecule has 0 aliphatic heterocycles. The Bertz CT molecular complexity index is 373. The molecule has 0 aromatic carbocycles. The van der Waals surface area contributed by atoms with E-state index in [0.717, 1.165) is 12.1 Å². The lowest BCUT2D eigenvalue weighted by molar-refractivity contribution is -0.117. The lowest BCUT2D eigenvalue weighted by Crippen LogP contribution is -2.35. The van der Waals surface area contributed by atoms with Crippen molar-refractivity contribution in [2.75, 3.05) is 5.32 Å². The van der Waals surface area contributed by atoms with Crippen LogP contribution in [0.25, 0.3) is 0 Å². The number of rotatable bonds is 5. The van der Waals surface area contributed by atoms with Crippen molar-refractivity contribution >= 4 is 22.4 Å². The molecule has 1 saturated carbocycles. The molecule has 1 aromatic rings. The van der Waals surface area contributed by atoms with Gasteiger partial charge in [0.25, 0.3) is 0 Å². The quantitative estimate of drug-likeness (QED) is 0.826. The van der Waals surface area contributed by atoms with Gasteiger partial charge in [-0.3, -0.25) is 4.79 Å². The monoisotopic (exact) mass is 239 g/mol. The number of nitrogens with one attached hydrogen (secondary N) is 1. The van der Waals surface area contributed by atoms with Gasteiger partial charge in [-0.2, -0.15) is 0 Å². The molecule has 1 amide bonds. The highest BCUT2D eigenvalue weighted by atomic mass is 32.1. The molecule has 0 spiro atoms. The molecule has 16 heavy (non-hydrogen) atoms. The van der Waals surface area contributed by atoms with Crippen LogP contribution < -0.4 is 11.1 Å². The molecule has 4 nitrogen and oxygen atoms in total.